The first-order valence-electron chi connectivity index (χ1n) is 6.29. The quantitative estimate of drug-likeness (QED) is 0.851. The molecule has 0 aliphatic heterocycles. The average Bonchev–Trinajstić information content (AvgIpc) is 2.37. The Balaban J connectivity index is 2.12. The summed E-state index contributed by atoms with van der Waals surface area (Å²) in [5.41, 5.74) is 0.247. The van der Waals surface area contributed by atoms with Crippen LogP contribution < -0.4 is 0 Å². The zero-order chi connectivity index (χ0) is 14.0. The average molecular weight is 263 g/mol. The highest BCUT2D eigenvalue weighted by atomic mass is 16.3. The summed E-state index contributed by atoms with van der Waals surface area (Å²) in [5.74, 6) is -0.302. The van der Waals surface area contributed by atoms with E-state index in [-0.39, 0.29) is 34.8 Å². The van der Waals surface area contributed by atoms with Gasteiger partial charge in [0.05, 0.1) is 0 Å². The van der Waals surface area contributed by atoms with Gasteiger partial charge in [-0.2, -0.15) is 0 Å². The molecule has 0 heterocycles. The number of phenolic OH excluding ortho intramolecular Hbond substituents is 2. The fourth-order valence-electron chi connectivity index (χ4n) is 2.40. The largest absolute Gasteiger partial charge is 0.508 e. The molecule has 0 atom stereocenters. The standard InChI is InChI=1S/C14H17NO4/c1-15(10-2-4-11(16)5-3-10)14(19)9-6-12(17)8-13(18)7-9/h6-8,10,17-18H,2-5H2,1H3. The molecule has 0 radical (unpaired) electrons. The number of hydrogen-bond acceptors (Lipinski definition) is 4. The van der Waals surface area contributed by atoms with Gasteiger partial charge in [0.1, 0.15) is 17.3 Å². The van der Waals surface area contributed by atoms with Gasteiger partial charge >= 0.3 is 0 Å². The summed E-state index contributed by atoms with van der Waals surface area (Å²) in [6.07, 6.45) is 2.36. The number of benzene rings is 1. The Hall–Kier alpha value is -2.04. The number of phenols is 2. The third kappa shape index (κ3) is 3.05. The monoisotopic (exact) mass is 263 g/mol. The minimum Gasteiger partial charge on any atom is -0.508 e. The number of hydrogen-bond donors (Lipinski definition) is 2. The Kier molecular flexibility index (Phi) is 3.74. The molecule has 0 aromatic heterocycles. The van der Waals surface area contributed by atoms with Crippen molar-refractivity contribution in [1.82, 2.24) is 4.90 Å². The van der Waals surface area contributed by atoms with Crippen LogP contribution in [0.15, 0.2) is 18.2 Å². The molecule has 0 spiro atoms. The molecule has 1 amide bonds. The molecule has 1 aromatic carbocycles. The number of carbonyl (C=O) groups is 2. The zero-order valence-corrected chi connectivity index (χ0v) is 10.8. The van der Waals surface area contributed by atoms with Crippen molar-refractivity contribution < 1.29 is 19.8 Å². The van der Waals surface area contributed by atoms with Gasteiger partial charge in [-0.25, -0.2) is 0 Å². The first-order chi connectivity index (χ1) is 8.97. The number of carbonyl (C=O) groups excluding carboxylic acids is 2. The molecule has 19 heavy (non-hydrogen) atoms. The van der Waals surface area contributed by atoms with Crippen molar-refractivity contribution in [3.8, 4) is 11.5 Å². The summed E-state index contributed by atoms with van der Waals surface area (Å²) in [5, 5.41) is 18.8. The van der Waals surface area contributed by atoms with E-state index in [0.29, 0.717) is 25.7 Å². The second-order valence-electron chi connectivity index (χ2n) is 4.92. The molecule has 5 heteroatoms. The number of Topliss-reactive ketones (excluding diaryl/α,β-unsaturated/α-hetero) is 1. The fraction of sp³-hybridized carbons (Fsp3) is 0.429. The van der Waals surface area contributed by atoms with E-state index in [2.05, 4.69) is 0 Å². The van der Waals surface area contributed by atoms with Crippen LogP contribution in [0.4, 0.5) is 0 Å². The molecule has 1 aromatic rings. The molecule has 5 nitrogen and oxygen atoms in total. The highest BCUT2D eigenvalue weighted by molar-refractivity contribution is 5.95. The van der Waals surface area contributed by atoms with E-state index >= 15 is 0 Å². The Labute approximate surface area is 111 Å². The van der Waals surface area contributed by atoms with Gasteiger partial charge in [-0.3, -0.25) is 9.59 Å². The molecule has 1 fully saturated rings. The van der Waals surface area contributed by atoms with E-state index in [4.69, 9.17) is 0 Å². The Morgan fingerprint density at radius 1 is 1.16 bits per heavy atom. The summed E-state index contributed by atoms with van der Waals surface area (Å²) in [6.45, 7) is 0. The van der Waals surface area contributed by atoms with Gasteiger partial charge < -0.3 is 15.1 Å². The van der Waals surface area contributed by atoms with E-state index in [9.17, 15) is 19.8 Å². The third-order valence-corrected chi connectivity index (χ3v) is 3.53. The molecular weight excluding hydrogens is 246 g/mol. The normalized spacial score (nSPS) is 16.4. The number of nitrogens with zero attached hydrogens (tertiary/aromatic N) is 1. The SMILES string of the molecule is CN(C(=O)c1cc(O)cc(O)c1)C1CCC(=O)CC1. The predicted octanol–water partition coefficient (Wildman–Crippen LogP) is 1.68. The minimum absolute atomic E-state index is 0.0368. The number of amides is 1. The molecule has 0 saturated heterocycles. The second-order valence-corrected chi connectivity index (χ2v) is 4.92. The van der Waals surface area contributed by atoms with Crippen molar-refractivity contribution in [2.24, 2.45) is 0 Å². The van der Waals surface area contributed by atoms with Gasteiger partial charge in [-0.05, 0) is 25.0 Å². The molecular formula is C14H17NO4. The summed E-state index contributed by atoms with van der Waals surface area (Å²) in [7, 11) is 1.68. The summed E-state index contributed by atoms with van der Waals surface area (Å²) in [6, 6.07) is 3.87. The summed E-state index contributed by atoms with van der Waals surface area (Å²) >= 11 is 0. The maximum Gasteiger partial charge on any atom is 0.254 e. The maximum absolute atomic E-state index is 12.2. The lowest BCUT2D eigenvalue weighted by molar-refractivity contribution is -0.121. The summed E-state index contributed by atoms with van der Waals surface area (Å²) in [4.78, 5) is 25.0. The predicted molar refractivity (Wildman–Crippen MR) is 69.1 cm³/mol. The van der Waals surface area contributed by atoms with Crippen LogP contribution in [0.25, 0.3) is 0 Å². The Morgan fingerprint density at radius 3 is 2.21 bits per heavy atom. The number of ketones is 1. The van der Waals surface area contributed by atoms with Crippen LogP contribution in [0, 0.1) is 0 Å². The van der Waals surface area contributed by atoms with Crippen LogP contribution in [0.2, 0.25) is 0 Å². The van der Waals surface area contributed by atoms with E-state index in [1.807, 2.05) is 0 Å². The first-order valence-corrected chi connectivity index (χ1v) is 6.29. The molecule has 1 aliphatic rings. The van der Waals surface area contributed by atoms with Gasteiger partial charge in [-0.15, -0.1) is 0 Å². The van der Waals surface area contributed by atoms with Crippen LogP contribution >= 0.6 is 0 Å². The minimum atomic E-state index is -0.259. The first kappa shape index (κ1) is 13.4. The number of aromatic hydroxyl groups is 2. The molecule has 102 valence electrons. The van der Waals surface area contributed by atoms with Crippen molar-refractivity contribution in [3.05, 3.63) is 23.8 Å². The lowest BCUT2D eigenvalue weighted by Gasteiger charge is -2.30. The maximum atomic E-state index is 12.2. The van der Waals surface area contributed by atoms with Crippen molar-refractivity contribution in [2.75, 3.05) is 7.05 Å². The molecule has 1 saturated carbocycles. The van der Waals surface area contributed by atoms with E-state index in [1.165, 1.54) is 18.2 Å². The highest BCUT2D eigenvalue weighted by Crippen LogP contribution is 2.24. The van der Waals surface area contributed by atoms with Gasteiger partial charge in [0.2, 0.25) is 0 Å². The lowest BCUT2D eigenvalue weighted by Crippen LogP contribution is -2.39. The van der Waals surface area contributed by atoms with Gasteiger partial charge in [0, 0.05) is 37.6 Å². The fourth-order valence-corrected chi connectivity index (χ4v) is 2.40. The van der Waals surface area contributed by atoms with Crippen LogP contribution in [0.1, 0.15) is 36.0 Å². The van der Waals surface area contributed by atoms with Crippen LogP contribution in [-0.4, -0.2) is 39.9 Å². The topological polar surface area (TPSA) is 77.8 Å². The molecule has 2 rings (SSSR count). The molecule has 2 N–H and O–H groups in total. The van der Waals surface area contributed by atoms with Crippen LogP contribution in [0.5, 0.6) is 11.5 Å². The molecule has 0 unspecified atom stereocenters. The van der Waals surface area contributed by atoms with Crippen molar-refractivity contribution in [3.63, 3.8) is 0 Å². The van der Waals surface area contributed by atoms with Crippen molar-refractivity contribution >= 4 is 11.7 Å². The molecule has 1 aliphatic carbocycles. The van der Waals surface area contributed by atoms with E-state index in [1.54, 1.807) is 11.9 Å². The third-order valence-electron chi connectivity index (χ3n) is 3.53. The van der Waals surface area contributed by atoms with E-state index in [0.717, 1.165) is 0 Å². The van der Waals surface area contributed by atoms with Crippen molar-refractivity contribution in [1.29, 1.82) is 0 Å². The number of rotatable bonds is 2. The van der Waals surface area contributed by atoms with Gasteiger partial charge in [-0.1, -0.05) is 0 Å². The zero-order valence-electron chi connectivity index (χ0n) is 10.8. The van der Waals surface area contributed by atoms with Gasteiger partial charge in [0.25, 0.3) is 5.91 Å². The van der Waals surface area contributed by atoms with Crippen LogP contribution in [0.3, 0.4) is 0 Å². The van der Waals surface area contributed by atoms with Crippen LogP contribution in [-0.2, 0) is 4.79 Å². The van der Waals surface area contributed by atoms with Gasteiger partial charge in [0.15, 0.2) is 0 Å². The molecule has 0 bridgehead atoms. The van der Waals surface area contributed by atoms with Crippen molar-refractivity contribution in [2.45, 2.75) is 31.7 Å². The highest BCUT2D eigenvalue weighted by Gasteiger charge is 2.26. The second kappa shape index (κ2) is 5.30. The lowest BCUT2D eigenvalue weighted by atomic mass is 9.93. The van der Waals surface area contributed by atoms with E-state index < -0.39 is 0 Å². The smallest absolute Gasteiger partial charge is 0.254 e. The summed E-state index contributed by atoms with van der Waals surface area (Å²) < 4.78 is 0. The Morgan fingerprint density at radius 2 is 1.68 bits per heavy atom. The Bertz CT molecular complexity index is 482.